The van der Waals surface area contributed by atoms with Crippen LogP contribution in [0, 0.1) is 12.8 Å². The van der Waals surface area contributed by atoms with Crippen molar-refractivity contribution in [1.82, 2.24) is 15.1 Å². The van der Waals surface area contributed by atoms with Crippen molar-refractivity contribution in [2.75, 3.05) is 6.61 Å². The lowest BCUT2D eigenvalue weighted by Crippen LogP contribution is -2.31. The Kier molecular flexibility index (Phi) is 5.82. The highest BCUT2D eigenvalue weighted by Crippen LogP contribution is 2.29. The molecule has 0 amide bonds. The summed E-state index contributed by atoms with van der Waals surface area (Å²) < 4.78 is 16.2. The minimum Gasteiger partial charge on any atom is -0.473 e. The third-order valence-electron chi connectivity index (χ3n) is 4.54. The van der Waals surface area contributed by atoms with E-state index in [1.165, 1.54) is 12.4 Å². The molecule has 1 aliphatic carbocycles. The molecule has 0 bridgehead atoms. The molecule has 0 spiro atoms. The van der Waals surface area contributed by atoms with Crippen molar-refractivity contribution in [2.24, 2.45) is 5.92 Å². The van der Waals surface area contributed by atoms with Crippen LogP contribution in [0.25, 0.3) is 11.5 Å². The Hall–Kier alpha value is -2.48. The molecule has 8 heteroatoms. The highest BCUT2D eigenvalue weighted by atomic mass is 16.5. The van der Waals surface area contributed by atoms with Gasteiger partial charge in [0.05, 0.1) is 37.2 Å². The fourth-order valence-electron chi connectivity index (χ4n) is 3.17. The molecule has 1 fully saturated rings. The summed E-state index contributed by atoms with van der Waals surface area (Å²) in [6, 6.07) is 0. The lowest BCUT2D eigenvalue weighted by atomic mass is 9.87. The van der Waals surface area contributed by atoms with Crippen LogP contribution in [-0.4, -0.2) is 38.9 Å². The summed E-state index contributed by atoms with van der Waals surface area (Å²) in [6.45, 7) is 3.78. The Bertz CT molecular complexity index is 744. The first-order chi connectivity index (χ1) is 12.6. The molecule has 0 aromatic carbocycles. The van der Waals surface area contributed by atoms with Crippen LogP contribution in [0.5, 0.6) is 5.88 Å². The number of hydrogen-bond acceptors (Lipinski definition) is 8. The van der Waals surface area contributed by atoms with Gasteiger partial charge in [0.1, 0.15) is 11.8 Å². The zero-order valence-corrected chi connectivity index (χ0v) is 15.0. The van der Waals surface area contributed by atoms with Gasteiger partial charge in [-0.05, 0) is 39.5 Å². The number of nitrogens with zero attached hydrogens (tertiary/aromatic N) is 3. The van der Waals surface area contributed by atoms with Crippen molar-refractivity contribution in [3.63, 3.8) is 0 Å². The lowest BCUT2D eigenvalue weighted by Gasteiger charge is -2.27. The molecule has 2 heterocycles. The SMILES string of the molecule is CCOC(=O)[C@@H]1CCC[C@@H](Oc2cnc(-c3onc(C)c3CO)cn2)C1. The quantitative estimate of drug-likeness (QED) is 0.782. The van der Waals surface area contributed by atoms with Crippen LogP contribution >= 0.6 is 0 Å². The summed E-state index contributed by atoms with van der Waals surface area (Å²) in [5.74, 6) is 0.527. The van der Waals surface area contributed by atoms with Gasteiger partial charge in [-0.3, -0.25) is 4.79 Å². The molecule has 2 aromatic rings. The molecule has 2 aromatic heterocycles. The maximum atomic E-state index is 11.9. The van der Waals surface area contributed by atoms with Crippen molar-refractivity contribution >= 4 is 5.97 Å². The van der Waals surface area contributed by atoms with Gasteiger partial charge in [0.2, 0.25) is 5.88 Å². The number of aryl methyl sites for hydroxylation is 1. The third kappa shape index (κ3) is 4.01. The molecule has 1 aliphatic rings. The number of aliphatic hydroxyl groups excluding tert-OH is 1. The molecule has 26 heavy (non-hydrogen) atoms. The van der Waals surface area contributed by atoms with Crippen LogP contribution in [-0.2, 0) is 16.1 Å². The van der Waals surface area contributed by atoms with Crippen molar-refractivity contribution < 1.29 is 23.9 Å². The third-order valence-corrected chi connectivity index (χ3v) is 4.54. The molecule has 1 N–H and O–H groups in total. The van der Waals surface area contributed by atoms with Crippen molar-refractivity contribution in [2.45, 2.75) is 52.2 Å². The molecular formula is C18H23N3O5. The monoisotopic (exact) mass is 361 g/mol. The van der Waals surface area contributed by atoms with Gasteiger partial charge in [0.15, 0.2) is 5.76 Å². The van der Waals surface area contributed by atoms with E-state index in [-0.39, 0.29) is 24.6 Å². The zero-order valence-electron chi connectivity index (χ0n) is 15.0. The summed E-state index contributed by atoms with van der Waals surface area (Å²) in [5.41, 5.74) is 1.70. The minimum absolute atomic E-state index is 0.0844. The van der Waals surface area contributed by atoms with E-state index in [0.29, 0.717) is 41.6 Å². The van der Waals surface area contributed by atoms with Crippen LogP contribution in [0.1, 0.15) is 43.9 Å². The van der Waals surface area contributed by atoms with E-state index < -0.39 is 0 Å². The standard InChI is InChI=1S/C18H23N3O5/c1-3-24-18(23)12-5-4-6-13(7-12)25-16-9-19-15(8-20-16)17-14(10-22)11(2)21-26-17/h8-9,12-13,22H,3-7,10H2,1-2H3/t12-,13-/m1/s1. The largest absolute Gasteiger partial charge is 0.473 e. The van der Waals surface area contributed by atoms with E-state index in [1.54, 1.807) is 6.92 Å². The summed E-state index contributed by atoms with van der Waals surface area (Å²) >= 11 is 0. The van der Waals surface area contributed by atoms with Crippen molar-refractivity contribution in [3.05, 3.63) is 23.7 Å². The van der Waals surface area contributed by atoms with E-state index in [4.69, 9.17) is 14.0 Å². The summed E-state index contributed by atoms with van der Waals surface area (Å²) in [5, 5.41) is 13.3. The average molecular weight is 361 g/mol. The number of rotatable bonds is 6. The maximum absolute atomic E-state index is 11.9. The van der Waals surface area contributed by atoms with Gasteiger partial charge in [-0.1, -0.05) is 5.16 Å². The lowest BCUT2D eigenvalue weighted by molar-refractivity contribution is -0.150. The molecular weight excluding hydrogens is 338 g/mol. The minimum atomic E-state index is -0.179. The second-order valence-corrected chi connectivity index (χ2v) is 6.33. The Balaban J connectivity index is 1.65. The summed E-state index contributed by atoms with van der Waals surface area (Å²) in [7, 11) is 0. The first kappa shape index (κ1) is 18.3. The number of aromatic nitrogens is 3. The predicted octanol–water partition coefficient (Wildman–Crippen LogP) is 2.43. The highest BCUT2D eigenvalue weighted by molar-refractivity contribution is 5.72. The number of carbonyl (C=O) groups excluding carboxylic acids is 1. The highest BCUT2D eigenvalue weighted by Gasteiger charge is 2.29. The van der Waals surface area contributed by atoms with Crippen molar-refractivity contribution in [3.8, 4) is 17.3 Å². The van der Waals surface area contributed by atoms with Crippen LogP contribution in [0.4, 0.5) is 0 Å². The fourth-order valence-corrected chi connectivity index (χ4v) is 3.17. The summed E-state index contributed by atoms with van der Waals surface area (Å²) in [4.78, 5) is 20.5. The van der Waals surface area contributed by atoms with Crippen LogP contribution in [0.2, 0.25) is 0 Å². The Morgan fingerprint density at radius 3 is 2.88 bits per heavy atom. The molecule has 0 saturated heterocycles. The topological polar surface area (TPSA) is 108 Å². The Labute approximate surface area is 151 Å². The molecule has 3 rings (SSSR count). The van der Waals surface area contributed by atoms with Crippen LogP contribution < -0.4 is 4.74 Å². The molecule has 1 saturated carbocycles. The number of carbonyl (C=O) groups is 1. The number of ether oxygens (including phenoxy) is 2. The van der Waals surface area contributed by atoms with E-state index in [1.807, 2.05) is 6.92 Å². The van der Waals surface area contributed by atoms with E-state index in [2.05, 4.69) is 15.1 Å². The van der Waals surface area contributed by atoms with Gasteiger partial charge in [-0.2, -0.15) is 0 Å². The van der Waals surface area contributed by atoms with E-state index >= 15 is 0 Å². The fraction of sp³-hybridized carbons (Fsp3) is 0.556. The second-order valence-electron chi connectivity index (χ2n) is 6.33. The van der Waals surface area contributed by atoms with Gasteiger partial charge in [-0.15, -0.1) is 0 Å². The molecule has 8 nitrogen and oxygen atoms in total. The predicted molar refractivity (Wildman–Crippen MR) is 91.2 cm³/mol. The molecule has 0 radical (unpaired) electrons. The van der Waals surface area contributed by atoms with Gasteiger partial charge in [0, 0.05) is 5.56 Å². The van der Waals surface area contributed by atoms with E-state index in [9.17, 15) is 9.90 Å². The molecule has 140 valence electrons. The number of hydrogen-bond donors (Lipinski definition) is 1. The van der Waals surface area contributed by atoms with Gasteiger partial charge in [-0.25, -0.2) is 9.97 Å². The van der Waals surface area contributed by atoms with Crippen molar-refractivity contribution in [1.29, 1.82) is 0 Å². The Morgan fingerprint density at radius 2 is 2.19 bits per heavy atom. The first-order valence-corrected chi connectivity index (χ1v) is 8.84. The van der Waals surface area contributed by atoms with Gasteiger partial charge in [0.25, 0.3) is 0 Å². The maximum Gasteiger partial charge on any atom is 0.309 e. The van der Waals surface area contributed by atoms with Gasteiger partial charge < -0.3 is 19.1 Å². The average Bonchev–Trinajstić information content (AvgIpc) is 3.03. The van der Waals surface area contributed by atoms with Crippen LogP contribution in [0.15, 0.2) is 16.9 Å². The molecule has 0 aliphatic heterocycles. The number of aliphatic hydroxyl groups is 1. The second kappa shape index (κ2) is 8.27. The van der Waals surface area contributed by atoms with E-state index in [0.717, 1.165) is 19.3 Å². The van der Waals surface area contributed by atoms with Gasteiger partial charge >= 0.3 is 5.97 Å². The zero-order chi connectivity index (χ0) is 18.5. The number of esters is 1. The molecule has 2 atom stereocenters. The smallest absolute Gasteiger partial charge is 0.309 e. The normalized spacial score (nSPS) is 20.0. The first-order valence-electron chi connectivity index (χ1n) is 8.84. The Morgan fingerprint density at radius 1 is 1.35 bits per heavy atom. The van der Waals surface area contributed by atoms with Crippen LogP contribution in [0.3, 0.4) is 0 Å². The summed E-state index contributed by atoms with van der Waals surface area (Å²) in [6.07, 6.45) is 6.20. The molecule has 0 unspecified atom stereocenters.